The van der Waals surface area contributed by atoms with Gasteiger partial charge in [-0.2, -0.15) is 0 Å². The van der Waals surface area contributed by atoms with Gasteiger partial charge in [-0.15, -0.1) is 0 Å². The molecule has 0 aliphatic carbocycles. The number of amides is 1. The Morgan fingerprint density at radius 1 is 1.32 bits per heavy atom. The van der Waals surface area contributed by atoms with Crippen molar-refractivity contribution in [2.75, 3.05) is 13.7 Å². The van der Waals surface area contributed by atoms with Crippen LogP contribution in [0.4, 0.5) is 0 Å². The van der Waals surface area contributed by atoms with Gasteiger partial charge in [0.05, 0.1) is 13.2 Å². The van der Waals surface area contributed by atoms with Gasteiger partial charge < -0.3 is 15.4 Å². The fourth-order valence-electron chi connectivity index (χ4n) is 1.79. The number of likely N-dealkylation sites (N-methyl/N-ethyl adjacent to an activating group) is 1. The molecule has 2 N–H and O–H groups in total. The first-order chi connectivity index (χ1) is 8.99. The van der Waals surface area contributed by atoms with Gasteiger partial charge in [0.1, 0.15) is 5.75 Å². The molecule has 1 amide bonds. The highest BCUT2D eigenvalue weighted by Gasteiger charge is 2.22. The van der Waals surface area contributed by atoms with Crippen LogP contribution in [0.15, 0.2) is 24.3 Å². The van der Waals surface area contributed by atoms with Crippen LogP contribution in [-0.4, -0.2) is 30.5 Å². The standard InChI is InChI=1S/C15H24N2O2/c1-5-17(15(18)14(16)11(2)3)10-12-6-8-13(19-4)9-7-12/h6-9,11,14H,5,10,16H2,1-4H3. The number of carbonyl (C=O) groups is 1. The minimum atomic E-state index is -0.432. The highest BCUT2D eigenvalue weighted by atomic mass is 16.5. The molecule has 1 aromatic rings. The first kappa shape index (κ1) is 15.5. The van der Waals surface area contributed by atoms with Crippen LogP contribution in [-0.2, 0) is 11.3 Å². The van der Waals surface area contributed by atoms with Crippen LogP contribution in [0.1, 0.15) is 26.3 Å². The largest absolute Gasteiger partial charge is 0.497 e. The summed E-state index contributed by atoms with van der Waals surface area (Å²) in [5.41, 5.74) is 7.00. The van der Waals surface area contributed by atoms with Crippen molar-refractivity contribution in [3.05, 3.63) is 29.8 Å². The maximum absolute atomic E-state index is 12.2. The molecule has 1 rings (SSSR count). The SMILES string of the molecule is CCN(Cc1ccc(OC)cc1)C(=O)C(N)C(C)C. The second-order valence-electron chi connectivity index (χ2n) is 4.97. The third-order valence-corrected chi connectivity index (χ3v) is 3.23. The van der Waals surface area contributed by atoms with E-state index >= 15 is 0 Å². The van der Waals surface area contributed by atoms with Crippen LogP contribution in [0.2, 0.25) is 0 Å². The molecule has 4 nitrogen and oxygen atoms in total. The molecule has 0 radical (unpaired) electrons. The van der Waals surface area contributed by atoms with Gasteiger partial charge in [-0.1, -0.05) is 26.0 Å². The number of nitrogens with zero attached hydrogens (tertiary/aromatic N) is 1. The van der Waals surface area contributed by atoms with E-state index in [9.17, 15) is 4.79 Å². The smallest absolute Gasteiger partial charge is 0.240 e. The average molecular weight is 264 g/mol. The van der Waals surface area contributed by atoms with Crippen molar-refractivity contribution in [2.45, 2.75) is 33.4 Å². The molecule has 0 aromatic heterocycles. The van der Waals surface area contributed by atoms with Crippen molar-refractivity contribution < 1.29 is 9.53 Å². The first-order valence-corrected chi connectivity index (χ1v) is 6.66. The second kappa shape index (κ2) is 7.14. The number of hydrogen-bond donors (Lipinski definition) is 1. The normalized spacial score (nSPS) is 12.3. The summed E-state index contributed by atoms with van der Waals surface area (Å²) in [6, 6.07) is 7.30. The van der Waals surface area contributed by atoms with E-state index in [1.165, 1.54) is 0 Å². The van der Waals surface area contributed by atoms with Gasteiger partial charge in [-0.3, -0.25) is 4.79 Å². The molecule has 0 saturated carbocycles. The van der Waals surface area contributed by atoms with Gasteiger partial charge in [-0.25, -0.2) is 0 Å². The first-order valence-electron chi connectivity index (χ1n) is 6.66. The summed E-state index contributed by atoms with van der Waals surface area (Å²) in [5, 5.41) is 0. The quantitative estimate of drug-likeness (QED) is 0.855. The van der Waals surface area contributed by atoms with Crippen molar-refractivity contribution in [1.82, 2.24) is 4.90 Å². The molecule has 0 spiro atoms. The molecular formula is C15H24N2O2. The fraction of sp³-hybridized carbons (Fsp3) is 0.533. The van der Waals surface area contributed by atoms with Gasteiger partial charge in [-0.05, 0) is 30.5 Å². The van der Waals surface area contributed by atoms with Crippen molar-refractivity contribution >= 4 is 5.91 Å². The maximum atomic E-state index is 12.2. The number of ether oxygens (including phenoxy) is 1. The summed E-state index contributed by atoms with van der Waals surface area (Å²) >= 11 is 0. The van der Waals surface area contributed by atoms with E-state index in [0.717, 1.165) is 11.3 Å². The van der Waals surface area contributed by atoms with Gasteiger partial charge in [0.25, 0.3) is 0 Å². The Kier molecular flexibility index (Phi) is 5.83. The molecule has 1 aromatic carbocycles. The molecule has 1 unspecified atom stereocenters. The third-order valence-electron chi connectivity index (χ3n) is 3.23. The summed E-state index contributed by atoms with van der Waals surface area (Å²) in [5.74, 6) is 0.975. The number of nitrogens with two attached hydrogens (primary N) is 1. The van der Waals surface area contributed by atoms with E-state index < -0.39 is 6.04 Å². The molecule has 19 heavy (non-hydrogen) atoms. The van der Waals surface area contributed by atoms with Gasteiger partial charge in [0, 0.05) is 13.1 Å². The van der Waals surface area contributed by atoms with E-state index in [1.807, 2.05) is 45.0 Å². The van der Waals surface area contributed by atoms with E-state index in [4.69, 9.17) is 10.5 Å². The minimum absolute atomic E-state index is 0.00770. The predicted octanol–water partition coefficient (Wildman–Crippen LogP) is 2.03. The molecule has 0 aliphatic rings. The van der Waals surface area contributed by atoms with Crippen molar-refractivity contribution in [3.63, 3.8) is 0 Å². The second-order valence-corrected chi connectivity index (χ2v) is 4.97. The summed E-state index contributed by atoms with van der Waals surface area (Å²) in [6.07, 6.45) is 0. The number of rotatable bonds is 6. The zero-order valence-corrected chi connectivity index (χ0v) is 12.2. The van der Waals surface area contributed by atoms with E-state index in [-0.39, 0.29) is 11.8 Å². The van der Waals surface area contributed by atoms with Crippen molar-refractivity contribution in [2.24, 2.45) is 11.7 Å². The molecule has 0 heterocycles. The van der Waals surface area contributed by atoms with E-state index in [1.54, 1.807) is 12.0 Å². The van der Waals surface area contributed by atoms with Crippen molar-refractivity contribution in [3.8, 4) is 5.75 Å². The Balaban J connectivity index is 2.72. The number of benzene rings is 1. The Bertz CT molecular complexity index is 401. The van der Waals surface area contributed by atoms with E-state index in [2.05, 4.69) is 0 Å². The lowest BCUT2D eigenvalue weighted by molar-refractivity contribution is -0.134. The fourth-order valence-corrected chi connectivity index (χ4v) is 1.79. The topological polar surface area (TPSA) is 55.6 Å². The Morgan fingerprint density at radius 3 is 2.32 bits per heavy atom. The Labute approximate surface area is 115 Å². The summed E-state index contributed by atoms with van der Waals surface area (Å²) in [6.45, 7) is 7.13. The average Bonchev–Trinajstić information content (AvgIpc) is 2.43. The zero-order valence-electron chi connectivity index (χ0n) is 12.2. The number of carbonyl (C=O) groups excluding carboxylic acids is 1. The molecule has 4 heteroatoms. The lowest BCUT2D eigenvalue weighted by atomic mass is 10.0. The van der Waals surface area contributed by atoms with Crippen molar-refractivity contribution in [1.29, 1.82) is 0 Å². The lowest BCUT2D eigenvalue weighted by Gasteiger charge is -2.26. The molecular weight excluding hydrogens is 240 g/mol. The monoisotopic (exact) mass is 264 g/mol. The van der Waals surface area contributed by atoms with Gasteiger partial charge in [0.2, 0.25) is 5.91 Å². The van der Waals surface area contributed by atoms with Crippen LogP contribution in [0, 0.1) is 5.92 Å². The van der Waals surface area contributed by atoms with Crippen LogP contribution in [0.5, 0.6) is 5.75 Å². The lowest BCUT2D eigenvalue weighted by Crippen LogP contribution is -2.46. The highest BCUT2D eigenvalue weighted by molar-refractivity contribution is 5.81. The van der Waals surface area contributed by atoms with E-state index in [0.29, 0.717) is 13.1 Å². The molecule has 106 valence electrons. The summed E-state index contributed by atoms with van der Waals surface area (Å²) in [7, 11) is 1.64. The zero-order chi connectivity index (χ0) is 14.4. The predicted molar refractivity (Wildman–Crippen MR) is 76.9 cm³/mol. The highest BCUT2D eigenvalue weighted by Crippen LogP contribution is 2.14. The Morgan fingerprint density at radius 2 is 1.89 bits per heavy atom. The summed E-state index contributed by atoms with van der Waals surface area (Å²) < 4.78 is 5.12. The summed E-state index contributed by atoms with van der Waals surface area (Å²) in [4.78, 5) is 14.0. The number of methoxy groups -OCH3 is 1. The van der Waals surface area contributed by atoms with Crippen LogP contribution < -0.4 is 10.5 Å². The molecule has 0 saturated heterocycles. The molecule has 0 aliphatic heterocycles. The molecule has 0 fully saturated rings. The van der Waals surface area contributed by atoms with Crippen LogP contribution >= 0.6 is 0 Å². The van der Waals surface area contributed by atoms with Gasteiger partial charge in [0.15, 0.2) is 0 Å². The van der Waals surface area contributed by atoms with Gasteiger partial charge >= 0.3 is 0 Å². The number of hydrogen-bond acceptors (Lipinski definition) is 3. The Hall–Kier alpha value is -1.55. The van der Waals surface area contributed by atoms with Crippen LogP contribution in [0.25, 0.3) is 0 Å². The molecule has 1 atom stereocenters. The maximum Gasteiger partial charge on any atom is 0.240 e. The molecule has 0 bridgehead atoms. The van der Waals surface area contributed by atoms with Crippen LogP contribution in [0.3, 0.4) is 0 Å². The third kappa shape index (κ3) is 4.24. The minimum Gasteiger partial charge on any atom is -0.497 e.